The van der Waals surface area contributed by atoms with Gasteiger partial charge in [0.15, 0.2) is 0 Å². The molecule has 0 atom stereocenters. The summed E-state index contributed by atoms with van der Waals surface area (Å²) in [4.78, 5) is 6.92. The Kier molecular flexibility index (Phi) is 4.80. The molecule has 1 aromatic heterocycles. The van der Waals surface area contributed by atoms with Gasteiger partial charge in [0.2, 0.25) is 0 Å². The first-order valence-corrected chi connectivity index (χ1v) is 6.68. The van der Waals surface area contributed by atoms with Gasteiger partial charge in [-0.2, -0.15) is 0 Å². The first kappa shape index (κ1) is 13.6. The number of nitrogens with zero attached hydrogens (tertiary/aromatic N) is 2. The molecule has 5 heteroatoms. The van der Waals surface area contributed by atoms with Crippen molar-refractivity contribution in [3.05, 3.63) is 22.8 Å². The number of anilines is 1. The van der Waals surface area contributed by atoms with E-state index in [-0.39, 0.29) is 0 Å². The van der Waals surface area contributed by atoms with Gasteiger partial charge in [0.05, 0.1) is 17.3 Å². The van der Waals surface area contributed by atoms with E-state index >= 15 is 0 Å². The highest BCUT2D eigenvalue weighted by molar-refractivity contribution is 6.31. The summed E-state index contributed by atoms with van der Waals surface area (Å²) >= 11 is 6.21. The molecule has 1 fully saturated rings. The van der Waals surface area contributed by atoms with Crippen LogP contribution < -0.4 is 5.32 Å². The highest BCUT2D eigenvalue weighted by Gasteiger charge is 2.29. The summed E-state index contributed by atoms with van der Waals surface area (Å²) in [6, 6.07) is 4.47. The summed E-state index contributed by atoms with van der Waals surface area (Å²) in [5.41, 5.74) is 0.937. The van der Waals surface area contributed by atoms with Crippen molar-refractivity contribution in [2.45, 2.75) is 25.4 Å². The number of nitrogens with one attached hydrogen (secondary N) is 1. The second-order valence-corrected chi connectivity index (χ2v) is 4.98. The van der Waals surface area contributed by atoms with Crippen molar-refractivity contribution in [1.82, 2.24) is 9.88 Å². The number of hydrogen-bond donors (Lipinski definition) is 1. The molecule has 0 aromatic carbocycles. The Morgan fingerprint density at radius 2 is 2.28 bits per heavy atom. The second-order valence-electron chi connectivity index (χ2n) is 4.57. The lowest BCUT2D eigenvalue weighted by atomic mass is 10.3. The number of hydrogen-bond acceptors (Lipinski definition) is 4. The van der Waals surface area contributed by atoms with Crippen LogP contribution in [0.25, 0.3) is 0 Å². The molecule has 0 aliphatic heterocycles. The summed E-state index contributed by atoms with van der Waals surface area (Å²) in [5.74, 6) is 0.858. The van der Waals surface area contributed by atoms with Crippen molar-refractivity contribution in [1.29, 1.82) is 0 Å². The number of pyridine rings is 1. The maximum Gasteiger partial charge on any atom is 0.126 e. The molecule has 1 saturated carbocycles. The van der Waals surface area contributed by atoms with E-state index in [1.54, 1.807) is 7.11 Å². The van der Waals surface area contributed by atoms with Crippen LogP contribution in [0.4, 0.5) is 5.82 Å². The van der Waals surface area contributed by atoms with Crippen molar-refractivity contribution in [3.8, 4) is 0 Å². The minimum atomic E-state index is 0.677. The Bertz CT molecular complexity index is 396. The zero-order valence-corrected chi connectivity index (χ0v) is 11.7. The molecule has 1 aliphatic rings. The minimum Gasteiger partial charge on any atom is -0.383 e. The monoisotopic (exact) mass is 269 g/mol. The van der Waals surface area contributed by atoms with Crippen LogP contribution in [0.15, 0.2) is 12.1 Å². The number of methoxy groups -OCH3 is 1. The van der Waals surface area contributed by atoms with Gasteiger partial charge in [0.25, 0.3) is 0 Å². The third kappa shape index (κ3) is 3.57. The highest BCUT2D eigenvalue weighted by atomic mass is 35.5. The topological polar surface area (TPSA) is 37.4 Å². The molecule has 1 N–H and O–H groups in total. The van der Waals surface area contributed by atoms with Crippen molar-refractivity contribution in [2.24, 2.45) is 0 Å². The Hall–Kier alpha value is -0.840. The summed E-state index contributed by atoms with van der Waals surface area (Å²) in [7, 11) is 3.60. The van der Waals surface area contributed by atoms with Gasteiger partial charge in [0, 0.05) is 33.3 Å². The first-order valence-electron chi connectivity index (χ1n) is 6.30. The Morgan fingerprint density at radius 3 is 2.89 bits per heavy atom. The maximum atomic E-state index is 6.21. The van der Waals surface area contributed by atoms with Crippen molar-refractivity contribution < 1.29 is 4.74 Å². The summed E-state index contributed by atoms with van der Waals surface area (Å²) in [5, 5.41) is 3.78. The van der Waals surface area contributed by atoms with Crippen LogP contribution in [0.2, 0.25) is 5.02 Å². The molecule has 0 unspecified atom stereocenters. The molecule has 2 rings (SSSR count). The zero-order valence-electron chi connectivity index (χ0n) is 10.9. The average Bonchev–Trinajstić information content (AvgIpc) is 3.21. The quantitative estimate of drug-likeness (QED) is 0.825. The number of aromatic nitrogens is 1. The van der Waals surface area contributed by atoms with Gasteiger partial charge in [-0.1, -0.05) is 11.6 Å². The standard InChI is InChI=1S/C13H20ClN3O/c1-15-13-6-5-11(14)12(16-13)9-17(7-8-18-2)10-3-4-10/h5-6,10H,3-4,7-9H2,1-2H3,(H,15,16). The lowest BCUT2D eigenvalue weighted by molar-refractivity contribution is 0.139. The van der Waals surface area contributed by atoms with Crippen LogP contribution in [0.5, 0.6) is 0 Å². The van der Waals surface area contributed by atoms with Crippen LogP contribution >= 0.6 is 11.6 Å². The maximum absolute atomic E-state index is 6.21. The molecule has 0 bridgehead atoms. The fourth-order valence-corrected chi connectivity index (χ4v) is 2.13. The van der Waals surface area contributed by atoms with Gasteiger partial charge in [-0.15, -0.1) is 0 Å². The minimum absolute atomic E-state index is 0.677. The van der Waals surface area contributed by atoms with E-state index in [0.29, 0.717) is 6.04 Å². The van der Waals surface area contributed by atoms with Gasteiger partial charge in [-0.3, -0.25) is 4.90 Å². The fraction of sp³-hybridized carbons (Fsp3) is 0.615. The van der Waals surface area contributed by atoms with E-state index in [2.05, 4.69) is 15.2 Å². The summed E-state index contributed by atoms with van der Waals surface area (Å²) < 4.78 is 5.16. The highest BCUT2D eigenvalue weighted by Crippen LogP contribution is 2.29. The van der Waals surface area contributed by atoms with Crippen molar-refractivity contribution in [3.63, 3.8) is 0 Å². The van der Waals surface area contributed by atoms with Crippen molar-refractivity contribution >= 4 is 17.4 Å². The molecule has 0 saturated heterocycles. The molecule has 18 heavy (non-hydrogen) atoms. The molecular formula is C13H20ClN3O. The zero-order chi connectivity index (χ0) is 13.0. The van der Waals surface area contributed by atoms with E-state index in [9.17, 15) is 0 Å². The smallest absolute Gasteiger partial charge is 0.126 e. The predicted molar refractivity (Wildman–Crippen MR) is 74.1 cm³/mol. The molecule has 1 aromatic rings. The SMILES string of the molecule is CNc1ccc(Cl)c(CN(CCOC)C2CC2)n1. The molecule has 4 nitrogen and oxygen atoms in total. The van der Waals surface area contributed by atoms with E-state index in [1.807, 2.05) is 19.2 Å². The molecule has 100 valence electrons. The third-order valence-corrected chi connectivity index (χ3v) is 3.52. The number of rotatable bonds is 7. The van der Waals surface area contributed by atoms with Gasteiger partial charge in [-0.05, 0) is 25.0 Å². The summed E-state index contributed by atoms with van der Waals surface area (Å²) in [6.07, 6.45) is 2.54. The van der Waals surface area contributed by atoms with Crippen LogP contribution in [0.3, 0.4) is 0 Å². The lowest BCUT2D eigenvalue weighted by Gasteiger charge is -2.21. The van der Waals surface area contributed by atoms with Gasteiger partial charge >= 0.3 is 0 Å². The Balaban J connectivity index is 2.05. The molecular weight excluding hydrogens is 250 g/mol. The molecule has 1 heterocycles. The molecule has 0 amide bonds. The lowest BCUT2D eigenvalue weighted by Crippen LogP contribution is -2.29. The predicted octanol–water partition coefficient (Wildman–Crippen LogP) is 2.39. The molecule has 0 spiro atoms. The average molecular weight is 270 g/mol. The normalized spacial score (nSPS) is 15.1. The van der Waals surface area contributed by atoms with E-state index in [0.717, 1.165) is 36.2 Å². The van der Waals surface area contributed by atoms with E-state index in [1.165, 1.54) is 12.8 Å². The largest absolute Gasteiger partial charge is 0.383 e. The van der Waals surface area contributed by atoms with Crippen molar-refractivity contribution in [2.75, 3.05) is 32.6 Å². The molecule has 0 radical (unpaired) electrons. The van der Waals surface area contributed by atoms with Crippen LogP contribution in [-0.2, 0) is 11.3 Å². The number of ether oxygens (including phenoxy) is 1. The van der Waals surface area contributed by atoms with E-state index in [4.69, 9.17) is 16.3 Å². The number of halogens is 1. The van der Waals surface area contributed by atoms with Gasteiger partial charge < -0.3 is 10.1 Å². The Morgan fingerprint density at radius 1 is 1.50 bits per heavy atom. The summed E-state index contributed by atoms with van der Waals surface area (Å²) in [6.45, 7) is 2.48. The Labute approximate surface area is 113 Å². The second kappa shape index (κ2) is 6.36. The van der Waals surface area contributed by atoms with Crippen LogP contribution in [0.1, 0.15) is 18.5 Å². The van der Waals surface area contributed by atoms with Gasteiger partial charge in [-0.25, -0.2) is 4.98 Å². The first-order chi connectivity index (χ1) is 8.74. The molecule has 1 aliphatic carbocycles. The van der Waals surface area contributed by atoms with E-state index < -0.39 is 0 Å². The van der Waals surface area contributed by atoms with Crippen LogP contribution in [-0.4, -0.2) is 43.2 Å². The fourth-order valence-electron chi connectivity index (χ4n) is 1.97. The van der Waals surface area contributed by atoms with Crippen LogP contribution in [0, 0.1) is 0 Å². The van der Waals surface area contributed by atoms with Gasteiger partial charge in [0.1, 0.15) is 5.82 Å². The third-order valence-electron chi connectivity index (χ3n) is 3.17.